The van der Waals surface area contributed by atoms with E-state index in [2.05, 4.69) is 15.9 Å². The van der Waals surface area contributed by atoms with Crippen molar-refractivity contribution in [2.24, 2.45) is 0 Å². The van der Waals surface area contributed by atoms with Crippen LogP contribution in [0.4, 0.5) is 0 Å². The van der Waals surface area contributed by atoms with Gasteiger partial charge in [0.25, 0.3) is 0 Å². The molecule has 0 heterocycles. The first-order chi connectivity index (χ1) is 7.22. The number of benzene rings is 1. The molecule has 0 atom stereocenters. The van der Waals surface area contributed by atoms with Crippen molar-refractivity contribution < 1.29 is 14.6 Å². The normalized spacial score (nSPS) is 10.1. The average molecular weight is 275 g/mol. The van der Waals surface area contributed by atoms with E-state index in [1.165, 1.54) is 0 Å². The molecule has 0 unspecified atom stereocenters. The molecule has 0 fully saturated rings. The molecule has 3 nitrogen and oxygen atoms in total. The Kier molecular flexibility index (Phi) is 4.91. The van der Waals surface area contributed by atoms with Gasteiger partial charge in [-0.1, -0.05) is 15.9 Å². The third kappa shape index (κ3) is 3.11. The topological polar surface area (TPSA) is 38.7 Å². The molecule has 0 aliphatic heterocycles. The third-order valence-corrected chi connectivity index (χ3v) is 2.62. The fourth-order valence-electron chi connectivity index (χ4n) is 1.45. The van der Waals surface area contributed by atoms with Gasteiger partial charge < -0.3 is 14.6 Å². The Morgan fingerprint density at radius 1 is 1.20 bits per heavy atom. The highest BCUT2D eigenvalue weighted by Crippen LogP contribution is 2.33. The molecule has 0 aliphatic rings. The summed E-state index contributed by atoms with van der Waals surface area (Å²) in [5, 5.41) is 8.82. The van der Waals surface area contributed by atoms with Gasteiger partial charge in [-0.15, -0.1) is 0 Å². The van der Waals surface area contributed by atoms with Crippen LogP contribution in [0.2, 0.25) is 0 Å². The Bertz CT molecular complexity index is 301. The van der Waals surface area contributed by atoms with Crippen molar-refractivity contribution in [2.75, 3.05) is 20.8 Å². The van der Waals surface area contributed by atoms with Crippen molar-refractivity contribution in [3.05, 3.63) is 22.2 Å². The monoisotopic (exact) mass is 274 g/mol. The molecule has 0 aliphatic carbocycles. The summed E-state index contributed by atoms with van der Waals surface area (Å²) in [5.74, 6) is 1.57. The van der Waals surface area contributed by atoms with Crippen molar-refractivity contribution in [3.63, 3.8) is 0 Å². The molecule has 15 heavy (non-hydrogen) atoms. The van der Waals surface area contributed by atoms with E-state index in [9.17, 15) is 0 Å². The summed E-state index contributed by atoms with van der Waals surface area (Å²) in [6, 6.07) is 3.80. The first-order valence-electron chi connectivity index (χ1n) is 4.74. The van der Waals surface area contributed by atoms with Crippen LogP contribution in [0.25, 0.3) is 0 Å². The minimum Gasteiger partial charge on any atom is -0.496 e. The molecule has 1 rings (SSSR count). The summed E-state index contributed by atoms with van der Waals surface area (Å²) in [6.07, 6.45) is 1.45. The van der Waals surface area contributed by atoms with E-state index in [1.54, 1.807) is 14.2 Å². The molecule has 84 valence electrons. The fraction of sp³-hybridized carbons (Fsp3) is 0.455. The molecule has 0 saturated carbocycles. The van der Waals surface area contributed by atoms with Crippen LogP contribution in [0.3, 0.4) is 0 Å². The predicted octanol–water partition coefficient (Wildman–Crippen LogP) is 2.39. The summed E-state index contributed by atoms with van der Waals surface area (Å²) in [6.45, 7) is 0.169. The molecule has 0 spiro atoms. The molecular weight excluding hydrogens is 260 g/mol. The van der Waals surface area contributed by atoms with Gasteiger partial charge in [0.2, 0.25) is 0 Å². The standard InChI is InChI=1S/C11H15BrO3/c1-14-10-6-8(12)7-11(15-2)9(10)4-3-5-13/h6-7,13H,3-5H2,1-2H3. The molecule has 0 aromatic heterocycles. The van der Waals surface area contributed by atoms with Gasteiger partial charge in [0.15, 0.2) is 0 Å². The van der Waals surface area contributed by atoms with Crippen molar-refractivity contribution in [1.29, 1.82) is 0 Å². The van der Waals surface area contributed by atoms with Gasteiger partial charge in [0.05, 0.1) is 14.2 Å². The number of halogens is 1. The number of hydrogen-bond donors (Lipinski definition) is 1. The summed E-state index contributed by atoms with van der Waals surface area (Å²) < 4.78 is 11.5. The Hall–Kier alpha value is -0.740. The summed E-state index contributed by atoms with van der Waals surface area (Å²) >= 11 is 3.39. The largest absolute Gasteiger partial charge is 0.496 e. The van der Waals surface area contributed by atoms with Gasteiger partial charge in [-0.2, -0.15) is 0 Å². The van der Waals surface area contributed by atoms with Crippen LogP contribution < -0.4 is 9.47 Å². The van der Waals surface area contributed by atoms with E-state index < -0.39 is 0 Å². The SMILES string of the molecule is COc1cc(Br)cc(OC)c1CCCO. The molecule has 4 heteroatoms. The lowest BCUT2D eigenvalue weighted by Crippen LogP contribution is -1.98. The number of aliphatic hydroxyl groups is 1. The van der Waals surface area contributed by atoms with Gasteiger partial charge in [0, 0.05) is 16.6 Å². The van der Waals surface area contributed by atoms with E-state index in [1.807, 2.05) is 12.1 Å². The lowest BCUT2D eigenvalue weighted by Gasteiger charge is -2.13. The zero-order valence-electron chi connectivity index (χ0n) is 8.92. The van der Waals surface area contributed by atoms with E-state index >= 15 is 0 Å². The second kappa shape index (κ2) is 5.98. The molecular formula is C11H15BrO3. The minimum absolute atomic E-state index is 0.169. The number of aliphatic hydroxyl groups excluding tert-OH is 1. The lowest BCUT2D eigenvalue weighted by molar-refractivity contribution is 0.286. The van der Waals surface area contributed by atoms with Gasteiger partial charge in [-0.3, -0.25) is 0 Å². The van der Waals surface area contributed by atoms with Crippen molar-refractivity contribution >= 4 is 15.9 Å². The predicted molar refractivity (Wildman–Crippen MR) is 62.7 cm³/mol. The van der Waals surface area contributed by atoms with E-state index in [4.69, 9.17) is 14.6 Å². The van der Waals surface area contributed by atoms with Crippen molar-refractivity contribution in [2.45, 2.75) is 12.8 Å². The fourth-order valence-corrected chi connectivity index (χ4v) is 1.87. The molecule has 0 radical (unpaired) electrons. The molecule has 0 saturated heterocycles. The van der Waals surface area contributed by atoms with Crippen LogP contribution in [0.15, 0.2) is 16.6 Å². The van der Waals surface area contributed by atoms with Crippen LogP contribution in [-0.2, 0) is 6.42 Å². The lowest BCUT2D eigenvalue weighted by atomic mass is 10.1. The molecule has 1 N–H and O–H groups in total. The Labute approximate surface area is 98.1 Å². The van der Waals surface area contributed by atoms with Crippen LogP contribution in [0.5, 0.6) is 11.5 Å². The smallest absolute Gasteiger partial charge is 0.126 e. The van der Waals surface area contributed by atoms with Crippen LogP contribution >= 0.6 is 15.9 Å². The maximum atomic E-state index is 8.82. The highest BCUT2D eigenvalue weighted by Gasteiger charge is 2.11. The number of ether oxygens (including phenoxy) is 2. The van der Waals surface area contributed by atoms with Gasteiger partial charge >= 0.3 is 0 Å². The average Bonchev–Trinajstić information content (AvgIpc) is 2.26. The van der Waals surface area contributed by atoms with E-state index in [-0.39, 0.29) is 6.61 Å². The van der Waals surface area contributed by atoms with Crippen LogP contribution in [-0.4, -0.2) is 25.9 Å². The van der Waals surface area contributed by atoms with Crippen molar-refractivity contribution in [1.82, 2.24) is 0 Å². The summed E-state index contributed by atoms with van der Waals surface area (Å²) in [7, 11) is 3.26. The second-order valence-electron chi connectivity index (χ2n) is 3.12. The highest BCUT2D eigenvalue weighted by atomic mass is 79.9. The van der Waals surface area contributed by atoms with E-state index in [0.29, 0.717) is 6.42 Å². The third-order valence-electron chi connectivity index (χ3n) is 2.16. The maximum Gasteiger partial charge on any atom is 0.126 e. The highest BCUT2D eigenvalue weighted by molar-refractivity contribution is 9.10. The Morgan fingerprint density at radius 2 is 1.73 bits per heavy atom. The molecule has 1 aromatic rings. The summed E-state index contributed by atoms with van der Waals surface area (Å²) in [5.41, 5.74) is 0.997. The van der Waals surface area contributed by atoms with Crippen LogP contribution in [0.1, 0.15) is 12.0 Å². The zero-order chi connectivity index (χ0) is 11.3. The molecule has 0 amide bonds. The summed E-state index contributed by atoms with van der Waals surface area (Å²) in [4.78, 5) is 0. The molecule has 0 bridgehead atoms. The minimum atomic E-state index is 0.169. The second-order valence-corrected chi connectivity index (χ2v) is 4.03. The van der Waals surface area contributed by atoms with Crippen LogP contribution in [0, 0.1) is 0 Å². The number of rotatable bonds is 5. The Morgan fingerprint density at radius 3 is 2.13 bits per heavy atom. The number of methoxy groups -OCH3 is 2. The number of hydrogen-bond acceptors (Lipinski definition) is 3. The van der Waals surface area contributed by atoms with E-state index in [0.717, 1.165) is 28.0 Å². The van der Waals surface area contributed by atoms with Crippen molar-refractivity contribution in [3.8, 4) is 11.5 Å². The first kappa shape index (κ1) is 12.3. The van der Waals surface area contributed by atoms with Gasteiger partial charge in [0.1, 0.15) is 11.5 Å². The van der Waals surface area contributed by atoms with Gasteiger partial charge in [-0.25, -0.2) is 0 Å². The first-order valence-corrected chi connectivity index (χ1v) is 5.53. The molecule has 1 aromatic carbocycles. The van der Waals surface area contributed by atoms with Gasteiger partial charge in [-0.05, 0) is 25.0 Å². The quantitative estimate of drug-likeness (QED) is 0.896. The zero-order valence-corrected chi connectivity index (χ0v) is 10.5. The maximum absolute atomic E-state index is 8.82. The Balaban J connectivity index is 3.06.